The van der Waals surface area contributed by atoms with Gasteiger partial charge in [-0.2, -0.15) is 0 Å². The summed E-state index contributed by atoms with van der Waals surface area (Å²) in [5.74, 6) is -1.30. The van der Waals surface area contributed by atoms with Gasteiger partial charge in [0.2, 0.25) is 0 Å². The van der Waals surface area contributed by atoms with Gasteiger partial charge in [0.15, 0.2) is 0 Å². The molecule has 7 heteroatoms. The Morgan fingerprint density at radius 2 is 2.14 bits per heavy atom. The second-order valence-corrected chi connectivity index (χ2v) is 5.17. The van der Waals surface area contributed by atoms with E-state index in [1.165, 1.54) is 12.1 Å². The van der Waals surface area contributed by atoms with Crippen molar-refractivity contribution >= 4 is 11.7 Å². The lowest BCUT2D eigenvalue weighted by molar-refractivity contribution is -0.385. The summed E-state index contributed by atoms with van der Waals surface area (Å²) in [6.07, 6.45) is 0. The Labute approximate surface area is 123 Å². The third-order valence-electron chi connectivity index (χ3n) is 2.94. The molecule has 0 atom stereocenters. The van der Waals surface area contributed by atoms with Crippen LogP contribution in [0.5, 0.6) is 0 Å². The fourth-order valence-electron chi connectivity index (χ4n) is 2.07. The topological polar surface area (TPSA) is 102 Å². The number of aromatic carboxylic acids is 1. The number of carbonyl (C=O) groups is 1. The molecule has 7 nitrogen and oxygen atoms in total. The van der Waals surface area contributed by atoms with E-state index < -0.39 is 22.2 Å². The smallest absolute Gasteiger partial charge is 0.343 e. The first-order chi connectivity index (χ1) is 9.78. The van der Waals surface area contributed by atoms with Crippen LogP contribution >= 0.6 is 0 Å². The van der Waals surface area contributed by atoms with E-state index in [0.717, 1.165) is 0 Å². The first-order valence-electron chi connectivity index (χ1n) is 6.62. The molecule has 2 N–H and O–H groups in total. The second-order valence-electron chi connectivity index (χ2n) is 5.17. The van der Waals surface area contributed by atoms with Gasteiger partial charge in [-0.1, -0.05) is 12.1 Å². The van der Waals surface area contributed by atoms with E-state index >= 15 is 0 Å². The summed E-state index contributed by atoms with van der Waals surface area (Å²) >= 11 is 0. The molecule has 0 aliphatic heterocycles. The Morgan fingerprint density at radius 3 is 2.67 bits per heavy atom. The van der Waals surface area contributed by atoms with Gasteiger partial charge in [-0.05, 0) is 26.3 Å². The highest BCUT2D eigenvalue weighted by molar-refractivity contribution is 5.94. The first kappa shape index (κ1) is 17.1. The third kappa shape index (κ3) is 4.80. The molecular weight excluding hydrogens is 276 g/mol. The van der Waals surface area contributed by atoms with E-state index in [-0.39, 0.29) is 12.1 Å². The molecule has 1 rings (SSSR count). The zero-order chi connectivity index (χ0) is 16.0. The largest absolute Gasteiger partial charge is 0.477 e. The van der Waals surface area contributed by atoms with E-state index in [9.17, 15) is 20.0 Å². The van der Waals surface area contributed by atoms with Crippen LogP contribution in [0, 0.1) is 10.1 Å². The van der Waals surface area contributed by atoms with Crippen LogP contribution in [-0.2, 0) is 11.3 Å². The zero-order valence-corrected chi connectivity index (χ0v) is 12.4. The Morgan fingerprint density at radius 1 is 1.48 bits per heavy atom. The summed E-state index contributed by atoms with van der Waals surface area (Å²) < 4.78 is 5.52. The van der Waals surface area contributed by atoms with Crippen LogP contribution in [-0.4, -0.2) is 34.8 Å². The molecule has 0 aliphatic rings. The average Bonchev–Trinajstić information content (AvgIpc) is 2.37. The molecule has 1 aromatic rings. The lowest BCUT2D eigenvalue weighted by Crippen LogP contribution is -2.37. The molecule has 0 bridgehead atoms. The van der Waals surface area contributed by atoms with E-state index in [2.05, 4.69) is 5.32 Å². The van der Waals surface area contributed by atoms with Crippen molar-refractivity contribution in [2.45, 2.75) is 32.9 Å². The van der Waals surface area contributed by atoms with Crippen LogP contribution in [0.2, 0.25) is 0 Å². The fraction of sp³-hybridized carbons (Fsp3) is 0.500. The van der Waals surface area contributed by atoms with Gasteiger partial charge < -0.3 is 15.2 Å². The number of carboxylic acids is 1. The lowest BCUT2D eigenvalue weighted by atomic mass is 10.0. The fourth-order valence-corrected chi connectivity index (χ4v) is 2.07. The SMILES string of the molecule is CCOC(C)(C)CNCc1cccc([N+](=O)[O-])c1C(=O)O. The number of rotatable bonds is 8. The minimum atomic E-state index is -1.30. The van der Waals surface area contributed by atoms with Crippen molar-refractivity contribution in [2.75, 3.05) is 13.2 Å². The summed E-state index contributed by atoms with van der Waals surface area (Å²) in [4.78, 5) is 21.5. The predicted octanol–water partition coefficient (Wildman–Crippen LogP) is 2.20. The van der Waals surface area contributed by atoms with Crippen molar-refractivity contribution in [1.82, 2.24) is 5.32 Å². The van der Waals surface area contributed by atoms with Crippen LogP contribution in [0.25, 0.3) is 0 Å². The van der Waals surface area contributed by atoms with Gasteiger partial charge in [0.05, 0.1) is 10.5 Å². The van der Waals surface area contributed by atoms with Gasteiger partial charge in [-0.3, -0.25) is 10.1 Å². The van der Waals surface area contributed by atoms with Gasteiger partial charge in [0.1, 0.15) is 5.56 Å². The number of hydrogen-bond acceptors (Lipinski definition) is 5. The Balaban J connectivity index is 2.87. The van der Waals surface area contributed by atoms with E-state index in [1.807, 2.05) is 20.8 Å². The molecular formula is C14H20N2O5. The van der Waals surface area contributed by atoms with Crippen LogP contribution in [0.4, 0.5) is 5.69 Å². The number of nitro groups is 1. The van der Waals surface area contributed by atoms with Gasteiger partial charge >= 0.3 is 5.97 Å². The van der Waals surface area contributed by atoms with Gasteiger partial charge in [0, 0.05) is 25.8 Å². The summed E-state index contributed by atoms with van der Waals surface area (Å²) in [6, 6.07) is 4.24. The maximum atomic E-state index is 11.3. The van der Waals surface area contributed by atoms with Crippen LogP contribution in [0.15, 0.2) is 18.2 Å². The molecule has 0 spiro atoms. The number of hydrogen-bond donors (Lipinski definition) is 2. The van der Waals surface area contributed by atoms with Crippen molar-refractivity contribution in [3.05, 3.63) is 39.4 Å². The lowest BCUT2D eigenvalue weighted by Gasteiger charge is -2.25. The third-order valence-corrected chi connectivity index (χ3v) is 2.94. The van der Waals surface area contributed by atoms with Crippen molar-refractivity contribution < 1.29 is 19.6 Å². The number of nitrogens with zero attached hydrogens (tertiary/aromatic N) is 1. The van der Waals surface area contributed by atoms with Crippen LogP contribution < -0.4 is 5.32 Å². The molecule has 0 amide bonds. The second kappa shape index (κ2) is 7.14. The van der Waals surface area contributed by atoms with Crippen LogP contribution in [0.3, 0.4) is 0 Å². The van der Waals surface area contributed by atoms with Crippen molar-refractivity contribution in [2.24, 2.45) is 0 Å². The van der Waals surface area contributed by atoms with Gasteiger partial charge in [-0.25, -0.2) is 4.79 Å². The summed E-state index contributed by atoms with van der Waals surface area (Å²) in [5, 5.41) is 23.2. The Bertz CT molecular complexity index is 528. The number of nitro benzene ring substituents is 1. The highest BCUT2D eigenvalue weighted by atomic mass is 16.6. The highest BCUT2D eigenvalue weighted by Gasteiger charge is 2.24. The molecule has 0 radical (unpaired) electrons. The quantitative estimate of drug-likeness (QED) is 0.563. The minimum Gasteiger partial charge on any atom is -0.477 e. The molecule has 0 aromatic heterocycles. The average molecular weight is 296 g/mol. The zero-order valence-electron chi connectivity index (χ0n) is 12.4. The summed E-state index contributed by atoms with van der Waals surface area (Å²) in [5.41, 5.74) is -0.683. The minimum absolute atomic E-state index is 0.222. The monoisotopic (exact) mass is 296 g/mol. The normalized spacial score (nSPS) is 11.4. The number of nitrogens with one attached hydrogen (secondary N) is 1. The molecule has 0 saturated carbocycles. The number of ether oxygens (including phenoxy) is 1. The number of carboxylic acid groups (broad SMARTS) is 1. The standard InChI is InChI=1S/C14H20N2O5/c1-4-21-14(2,3)9-15-8-10-6-5-7-11(16(19)20)12(10)13(17)18/h5-7,15H,4,8-9H2,1-3H3,(H,17,18). The molecule has 0 heterocycles. The van der Waals surface area contributed by atoms with Crippen molar-refractivity contribution in [3.63, 3.8) is 0 Å². The number of benzene rings is 1. The maximum Gasteiger partial charge on any atom is 0.343 e. The van der Waals surface area contributed by atoms with Crippen molar-refractivity contribution in [3.8, 4) is 0 Å². The van der Waals surface area contributed by atoms with Crippen LogP contribution in [0.1, 0.15) is 36.7 Å². The first-order valence-corrected chi connectivity index (χ1v) is 6.62. The van der Waals surface area contributed by atoms with Crippen molar-refractivity contribution in [1.29, 1.82) is 0 Å². The maximum absolute atomic E-state index is 11.3. The predicted molar refractivity (Wildman–Crippen MR) is 77.5 cm³/mol. The summed E-state index contributed by atoms with van der Waals surface area (Å²) in [6.45, 7) is 7.02. The Hall–Kier alpha value is -1.99. The molecule has 1 aromatic carbocycles. The molecule has 0 aliphatic carbocycles. The summed E-state index contributed by atoms with van der Waals surface area (Å²) in [7, 11) is 0. The molecule has 21 heavy (non-hydrogen) atoms. The van der Waals surface area contributed by atoms with Gasteiger partial charge in [-0.15, -0.1) is 0 Å². The van der Waals surface area contributed by atoms with E-state index in [1.54, 1.807) is 6.07 Å². The van der Waals surface area contributed by atoms with E-state index in [0.29, 0.717) is 18.7 Å². The molecule has 0 fully saturated rings. The highest BCUT2D eigenvalue weighted by Crippen LogP contribution is 2.22. The van der Waals surface area contributed by atoms with E-state index in [4.69, 9.17) is 4.74 Å². The molecule has 0 saturated heterocycles. The molecule has 116 valence electrons. The Kier molecular flexibility index (Phi) is 5.80. The molecule has 0 unspecified atom stereocenters. The van der Waals surface area contributed by atoms with Gasteiger partial charge in [0.25, 0.3) is 5.69 Å².